The molecule has 12 heavy (non-hydrogen) atoms. The van der Waals surface area contributed by atoms with Crippen LogP contribution in [0.25, 0.3) is 0 Å². The third kappa shape index (κ3) is 7.49. The van der Waals surface area contributed by atoms with E-state index in [4.69, 9.17) is 4.55 Å². The molecule has 0 aromatic heterocycles. The first-order chi connectivity index (χ1) is 5.45. The van der Waals surface area contributed by atoms with Crippen LogP contribution in [-0.2, 0) is 19.6 Å². The highest BCUT2D eigenvalue weighted by Gasteiger charge is 2.13. The quantitative estimate of drug-likeness (QED) is 0.386. The lowest BCUT2D eigenvalue weighted by atomic mass is 10.4. The molecule has 0 bridgehead atoms. The highest BCUT2D eigenvalue weighted by molar-refractivity contribution is 7.86. The zero-order valence-corrected chi connectivity index (χ0v) is 7.63. The summed E-state index contributed by atoms with van der Waals surface area (Å²) in [6, 6.07) is 0. The number of esters is 1. The van der Waals surface area contributed by atoms with E-state index in [-0.39, 0.29) is 6.61 Å². The summed E-state index contributed by atoms with van der Waals surface area (Å²) in [6.07, 6.45) is 1.55. The van der Waals surface area contributed by atoms with Gasteiger partial charge in [0, 0.05) is 0 Å². The monoisotopic (exact) mass is 196 g/mol. The van der Waals surface area contributed by atoms with Crippen molar-refractivity contribution in [1.29, 1.82) is 0 Å². The van der Waals surface area contributed by atoms with Crippen molar-refractivity contribution in [3.63, 3.8) is 0 Å². The van der Waals surface area contributed by atoms with Gasteiger partial charge in [-0.25, -0.2) is 0 Å². The van der Waals surface area contributed by atoms with Crippen LogP contribution in [0.3, 0.4) is 0 Å². The Hall–Kier alpha value is -0.620. The number of ether oxygens (including phenoxy) is 1. The van der Waals surface area contributed by atoms with Crippen LogP contribution in [0, 0.1) is 0 Å². The Morgan fingerprint density at radius 2 is 2.08 bits per heavy atom. The first-order valence-corrected chi connectivity index (χ1v) is 5.17. The molecule has 72 valence electrons. The lowest BCUT2D eigenvalue weighted by Crippen LogP contribution is -2.18. The van der Waals surface area contributed by atoms with Gasteiger partial charge in [-0.2, -0.15) is 8.42 Å². The van der Waals surface area contributed by atoms with Gasteiger partial charge in [-0.3, -0.25) is 9.35 Å². The number of hydrogen-bond donors (Lipinski definition) is 1. The van der Waals surface area contributed by atoms with Gasteiger partial charge < -0.3 is 4.74 Å². The third-order valence-corrected chi connectivity index (χ3v) is 1.66. The Bertz CT molecular complexity index is 230. The first-order valence-electron chi connectivity index (χ1n) is 3.56. The number of carbonyl (C=O) groups is 1. The van der Waals surface area contributed by atoms with Crippen LogP contribution < -0.4 is 0 Å². The maximum absolute atomic E-state index is 10.6. The van der Waals surface area contributed by atoms with Gasteiger partial charge >= 0.3 is 5.97 Å². The number of carbonyl (C=O) groups excluding carboxylic acids is 1. The molecule has 0 saturated carbocycles. The van der Waals surface area contributed by atoms with E-state index in [2.05, 4.69) is 4.74 Å². The normalized spacial score (nSPS) is 11.2. The lowest BCUT2D eigenvalue weighted by Gasteiger charge is -2.00. The fraction of sp³-hybridized carbons (Fsp3) is 0.833. The predicted octanol–water partition coefficient (Wildman–Crippen LogP) is 0.217. The molecular formula is C6H12O5S. The minimum Gasteiger partial charge on any atom is -0.465 e. The van der Waals surface area contributed by atoms with E-state index in [0.717, 1.165) is 6.42 Å². The van der Waals surface area contributed by atoms with Gasteiger partial charge in [0.05, 0.1) is 6.61 Å². The van der Waals surface area contributed by atoms with E-state index in [9.17, 15) is 13.2 Å². The molecule has 0 spiro atoms. The van der Waals surface area contributed by atoms with Gasteiger partial charge in [0.2, 0.25) is 0 Å². The molecule has 0 fully saturated rings. The fourth-order valence-corrected chi connectivity index (χ4v) is 0.902. The molecule has 0 rings (SSSR count). The second kappa shape index (κ2) is 5.10. The largest absolute Gasteiger partial charge is 0.465 e. The van der Waals surface area contributed by atoms with E-state index >= 15 is 0 Å². The SMILES string of the molecule is CCCCOC(=O)CS(=O)(=O)O. The zero-order chi connectivity index (χ0) is 9.61. The van der Waals surface area contributed by atoms with Crippen LogP contribution in [0.1, 0.15) is 19.8 Å². The zero-order valence-electron chi connectivity index (χ0n) is 6.82. The molecule has 0 radical (unpaired) electrons. The van der Waals surface area contributed by atoms with Crippen molar-refractivity contribution in [3.8, 4) is 0 Å². The van der Waals surface area contributed by atoms with Crippen LogP contribution in [0.5, 0.6) is 0 Å². The maximum atomic E-state index is 10.6. The molecular weight excluding hydrogens is 184 g/mol. The Balaban J connectivity index is 3.62. The minimum atomic E-state index is -4.24. The van der Waals surface area contributed by atoms with Gasteiger partial charge in [0.1, 0.15) is 0 Å². The molecule has 6 heteroatoms. The summed E-state index contributed by atoms with van der Waals surface area (Å²) in [5, 5.41) is 0. The summed E-state index contributed by atoms with van der Waals surface area (Å²) in [5.74, 6) is -1.87. The van der Waals surface area contributed by atoms with Gasteiger partial charge in [0.25, 0.3) is 10.1 Å². The maximum Gasteiger partial charge on any atom is 0.323 e. The van der Waals surface area contributed by atoms with E-state index in [0.29, 0.717) is 6.42 Å². The predicted molar refractivity (Wildman–Crippen MR) is 42.3 cm³/mol. The number of hydrogen-bond acceptors (Lipinski definition) is 4. The van der Waals surface area contributed by atoms with Crippen molar-refractivity contribution < 1.29 is 22.5 Å². The molecule has 0 unspecified atom stereocenters. The summed E-state index contributed by atoms with van der Waals surface area (Å²) in [5.41, 5.74) is 0. The molecule has 0 aliphatic heterocycles. The van der Waals surface area contributed by atoms with Gasteiger partial charge in [0.15, 0.2) is 5.75 Å². The summed E-state index contributed by atoms with van der Waals surface area (Å²) < 4.78 is 33.0. The molecule has 0 amide bonds. The highest BCUT2D eigenvalue weighted by atomic mass is 32.2. The standard InChI is InChI=1S/C6H12O5S/c1-2-3-4-11-6(7)5-12(8,9)10/h2-5H2,1H3,(H,8,9,10). The fourth-order valence-electron chi connectivity index (χ4n) is 0.521. The number of unbranched alkanes of at least 4 members (excludes halogenated alkanes) is 1. The van der Waals surface area contributed by atoms with Crippen molar-refractivity contribution in [3.05, 3.63) is 0 Å². The van der Waals surface area contributed by atoms with Gasteiger partial charge in [-0.15, -0.1) is 0 Å². The molecule has 0 aromatic carbocycles. The van der Waals surface area contributed by atoms with Crippen LogP contribution in [0.15, 0.2) is 0 Å². The van der Waals surface area contributed by atoms with E-state index in [1.165, 1.54) is 0 Å². The average Bonchev–Trinajstić information content (AvgIpc) is 1.84. The van der Waals surface area contributed by atoms with Gasteiger partial charge in [-0.1, -0.05) is 13.3 Å². The van der Waals surface area contributed by atoms with Crippen LogP contribution >= 0.6 is 0 Å². The molecule has 0 atom stereocenters. The van der Waals surface area contributed by atoms with Crippen molar-refractivity contribution in [2.75, 3.05) is 12.4 Å². The molecule has 0 saturated heterocycles. The van der Waals surface area contributed by atoms with Crippen molar-refractivity contribution in [1.82, 2.24) is 0 Å². The Morgan fingerprint density at radius 3 is 2.50 bits per heavy atom. The Labute approximate surface area is 71.5 Å². The first kappa shape index (κ1) is 11.4. The van der Waals surface area contributed by atoms with Crippen molar-refractivity contribution in [2.45, 2.75) is 19.8 Å². The van der Waals surface area contributed by atoms with E-state index in [1.54, 1.807) is 0 Å². The second-order valence-electron chi connectivity index (χ2n) is 2.30. The van der Waals surface area contributed by atoms with E-state index in [1.807, 2.05) is 6.92 Å². The molecule has 5 nitrogen and oxygen atoms in total. The minimum absolute atomic E-state index is 0.199. The lowest BCUT2D eigenvalue weighted by molar-refractivity contribution is -0.140. The number of rotatable bonds is 5. The Morgan fingerprint density at radius 1 is 1.50 bits per heavy atom. The molecule has 0 aromatic rings. The Kier molecular flexibility index (Phi) is 4.84. The summed E-state index contributed by atoms with van der Waals surface area (Å²) >= 11 is 0. The highest BCUT2D eigenvalue weighted by Crippen LogP contribution is 1.91. The average molecular weight is 196 g/mol. The summed E-state index contributed by atoms with van der Waals surface area (Å²) in [7, 11) is -4.24. The molecule has 0 aliphatic carbocycles. The molecule has 0 heterocycles. The second-order valence-corrected chi connectivity index (χ2v) is 3.75. The van der Waals surface area contributed by atoms with Crippen LogP contribution in [-0.4, -0.2) is 31.3 Å². The summed E-state index contributed by atoms with van der Waals surface area (Å²) in [4.78, 5) is 10.6. The van der Waals surface area contributed by atoms with Crippen molar-refractivity contribution in [2.24, 2.45) is 0 Å². The molecule has 1 N–H and O–H groups in total. The summed E-state index contributed by atoms with van der Waals surface area (Å²) in [6.45, 7) is 2.11. The van der Waals surface area contributed by atoms with Crippen LogP contribution in [0.2, 0.25) is 0 Å². The van der Waals surface area contributed by atoms with Crippen molar-refractivity contribution >= 4 is 16.1 Å². The smallest absolute Gasteiger partial charge is 0.323 e. The molecule has 0 aliphatic rings. The topological polar surface area (TPSA) is 80.7 Å². The third-order valence-electron chi connectivity index (χ3n) is 1.06. The van der Waals surface area contributed by atoms with E-state index < -0.39 is 21.8 Å². The van der Waals surface area contributed by atoms with Crippen LogP contribution in [0.4, 0.5) is 0 Å². The van der Waals surface area contributed by atoms with Gasteiger partial charge in [-0.05, 0) is 6.42 Å².